The third-order valence-corrected chi connectivity index (χ3v) is 3.31. The Kier molecular flexibility index (Phi) is 4.61. The lowest BCUT2D eigenvalue weighted by Crippen LogP contribution is -2.47. The number of nitriles is 1. The third kappa shape index (κ3) is 3.42. The van der Waals surface area contributed by atoms with Crippen molar-refractivity contribution in [2.45, 2.75) is 18.9 Å². The number of nitrogens with one attached hydrogen (secondary N) is 2. The summed E-state index contributed by atoms with van der Waals surface area (Å²) in [5.74, 6) is -0.290. The Morgan fingerprint density at radius 2 is 2.10 bits per heavy atom. The third-order valence-electron chi connectivity index (χ3n) is 3.31. The van der Waals surface area contributed by atoms with E-state index in [4.69, 9.17) is 5.26 Å². The second-order valence-electron chi connectivity index (χ2n) is 4.62. The van der Waals surface area contributed by atoms with Crippen LogP contribution in [0.25, 0.3) is 0 Å². The van der Waals surface area contributed by atoms with E-state index in [0.717, 1.165) is 6.42 Å². The first kappa shape index (κ1) is 14.7. The largest absolute Gasteiger partial charge is 0.453 e. The zero-order valence-electron chi connectivity index (χ0n) is 11.6. The van der Waals surface area contributed by atoms with Crippen LogP contribution < -0.4 is 10.9 Å². The van der Waals surface area contributed by atoms with Gasteiger partial charge in [0.1, 0.15) is 6.04 Å². The SMILES string of the molecule is COC(=O)N1CCCC1C(=O)NNc1ccc(C#N)cc1. The molecule has 7 heteroatoms. The topological polar surface area (TPSA) is 94.5 Å². The molecular weight excluding hydrogens is 272 g/mol. The number of amides is 2. The fraction of sp³-hybridized carbons (Fsp3) is 0.357. The van der Waals surface area contributed by atoms with Crippen LogP contribution in [0, 0.1) is 11.3 Å². The summed E-state index contributed by atoms with van der Waals surface area (Å²) >= 11 is 0. The number of hydrogen-bond acceptors (Lipinski definition) is 5. The second kappa shape index (κ2) is 6.61. The summed E-state index contributed by atoms with van der Waals surface area (Å²) in [4.78, 5) is 25.1. The molecule has 2 rings (SSSR count). The quantitative estimate of drug-likeness (QED) is 0.816. The van der Waals surface area contributed by atoms with Crippen LogP contribution in [0.4, 0.5) is 10.5 Å². The molecule has 1 heterocycles. The van der Waals surface area contributed by atoms with Crippen LogP contribution in [0.1, 0.15) is 18.4 Å². The zero-order valence-corrected chi connectivity index (χ0v) is 11.6. The van der Waals surface area contributed by atoms with Gasteiger partial charge in [0.15, 0.2) is 0 Å². The van der Waals surface area contributed by atoms with Gasteiger partial charge in [-0.05, 0) is 37.1 Å². The highest BCUT2D eigenvalue weighted by Gasteiger charge is 2.34. The molecule has 1 aromatic rings. The highest BCUT2D eigenvalue weighted by atomic mass is 16.5. The van der Waals surface area contributed by atoms with Crippen LogP contribution in [0.5, 0.6) is 0 Å². The summed E-state index contributed by atoms with van der Waals surface area (Å²) < 4.78 is 4.66. The van der Waals surface area contributed by atoms with Gasteiger partial charge >= 0.3 is 6.09 Å². The molecule has 1 unspecified atom stereocenters. The molecule has 2 N–H and O–H groups in total. The van der Waals surface area contributed by atoms with E-state index in [1.165, 1.54) is 12.0 Å². The molecule has 1 fully saturated rings. The molecule has 0 aliphatic carbocycles. The average molecular weight is 288 g/mol. The zero-order chi connectivity index (χ0) is 15.2. The Morgan fingerprint density at radius 1 is 1.38 bits per heavy atom. The molecule has 21 heavy (non-hydrogen) atoms. The van der Waals surface area contributed by atoms with E-state index in [1.54, 1.807) is 24.3 Å². The van der Waals surface area contributed by atoms with E-state index in [0.29, 0.717) is 24.2 Å². The molecule has 0 radical (unpaired) electrons. The van der Waals surface area contributed by atoms with Crippen molar-refractivity contribution >= 4 is 17.7 Å². The van der Waals surface area contributed by atoms with Gasteiger partial charge in [-0.1, -0.05) is 0 Å². The molecule has 0 spiro atoms. The van der Waals surface area contributed by atoms with Gasteiger partial charge in [-0.3, -0.25) is 20.5 Å². The summed E-state index contributed by atoms with van der Waals surface area (Å²) in [6, 6.07) is 8.15. The lowest BCUT2D eigenvalue weighted by molar-refractivity contribution is -0.124. The molecular formula is C14H16N4O3. The van der Waals surface area contributed by atoms with E-state index in [9.17, 15) is 9.59 Å². The lowest BCUT2D eigenvalue weighted by Gasteiger charge is -2.22. The predicted molar refractivity (Wildman–Crippen MR) is 75.1 cm³/mol. The summed E-state index contributed by atoms with van der Waals surface area (Å²) in [5.41, 5.74) is 6.53. The molecule has 1 saturated heterocycles. The highest BCUT2D eigenvalue weighted by molar-refractivity contribution is 5.87. The Bertz CT molecular complexity index is 565. The smallest absolute Gasteiger partial charge is 0.410 e. The van der Waals surface area contributed by atoms with Crippen LogP contribution in [0.3, 0.4) is 0 Å². The van der Waals surface area contributed by atoms with E-state index in [2.05, 4.69) is 15.6 Å². The van der Waals surface area contributed by atoms with E-state index in [-0.39, 0.29) is 5.91 Å². The minimum atomic E-state index is -0.525. The summed E-state index contributed by atoms with van der Waals surface area (Å²) in [6.45, 7) is 0.516. The monoisotopic (exact) mass is 288 g/mol. The predicted octanol–water partition coefficient (Wildman–Crippen LogP) is 1.23. The average Bonchev–Trinajstić information content (AvgIpc) is 3.02. The Hall–Kier alpha value is -2.75. The number of carbonyl (C=O) groups is 2. The van der Waals surface area contributed by atoms with Crippen molar-refractivity contribution in [3.63, 3.8) is 0 Å². The first-order chi connectivity index (χ1) is 10.2. The van der Waals surface area contributed by atoms with Crippen molar-refractivity contribution < 1.29 is 14.3 Å². The fourth-order valence-corrected chi connectivity index (χ4v) is 2.22. The molecule has 0 saturated carbocycles. The van der Waals surface area contributed by atoms with Crippen molar-refractivity contribution in [1.29, 1.82) is 5.26 Å². The fourth-order valence-electron chi connectivity index (χ4n) is 2.22. The number of carbonyl (C=O) groups excluding carboxylic acids is 2. The minimum absolute atomic E-state index is 0.290. The number of rotatable bonds is 3. The lowest BCUT2D eigenvalue weighted by atomic mass is 10.2. The number of nitrogens with zero attached hydrogens (tertiary/aromatic N) is 2. The summed E-state index contributed by atoms with van der Waals surface area (Å²) in [5, 5.41) is 8.71. The normalized spacial score (nSPS) is 17.0. The maximum Gasteiger partial charge on any atom is 0.410 e. The van der Waals surface area contributed by atoms with Gasteiger partial charge in [0, 0.05) is 6.54 Å². The number of hydrazine groups is 1. The van der Waals surface area contributed by atoms with Gasteiger partial charge in [-0.2, -0.15) is 5.26 Å². The number of likely N-dealkylation sites (tertiary alicyclic amines) is 1. The van der Waals surface area contributed by atoms with E-state index < -0.39 is 12.1 Å². The van der Waals surface area contributed by atoms with Gasteiger partial charge in [-0.15, -0.1) is 0 Å². The standard InChI is InChI=1S/C14H16N4O3/c1-21-14(20)18-8-2-3-12(18)13(19)17-16-11-6-4-10(9-15)5-7-11/h4-7,12,16H,2-3,8H2,1H3,(H,17,19). The van der Waals surface area contributed by atoms with Crippen molar-refractivity contribution in [3.8, 4) is 6.07 Å². The molecule has 1 atom stereocenters. The van der Waals surface area contributed by atoms with Gasteiger partial charge in [0.2, 0.25) is 0 Å². The van der Waals surface area contributed by atoms with Crippen LogP contribution >= 0.6 is 0 Å². The van der Waals surface area contributed by atoms with Gasteiger partial charge in [0.05, 0.1) is 24.4 Å². The van der Waals surface area contributed by atoms with Crippen molar-refractivity contribution in [2.75, 3.05) is 19.1 Å². The molecule has 0 aromatic heterocycles. The maximum absolute atomic E-state index is 12.1. The minimum Gasteiger partial charge on any atom is -0.453 e. The van der Waals surface area contributed by atoms with Gasteiger partial charge < -0.3 is 4.74 Å². The first-order valence-electron chi connectivity index (χ1n) is 6.56. The molecule has 1 aliphatic heterocycles. The maximum atomic E-state index is 12.1. The number of benzene rings is 1. The van der Waals surface area contributed by atoms with Crippen molar-refractivity contribution in [1.82, 2.24) is 10.3 Å². The number of ether oxygens (including phenoxy) is 1. The Morgan fingerprint density at radius 3 is 2.71 bits per heavy atom. The molecule has 2 amide bonds. The highest BCUT2D eigenvalue weighted by Crippen LogP contribution is 2.18. The van der Waals surface area contributed by atoms with E-state index >= 15 is 0 Å². The van der Waals surface area contributed by atoms with Crippen LogP contribution in [-0.2, 0) is 9.53 Å². The molecule has 0 bridgehead atoms. The first-order valence-corrected chi connectivity index (χ1v) is 6.56. The van der Waals surface area contributed by atoms with Crippen molar-refractivity contribution in [2.24, 2.45) is 0 Å². The summed E-state index contributed by atoms with van der Waals surface area (Å²) in [7, 11) is 1.30. The van der Waals surface area contributed by atoms with Crippen LogP contribution in [0.15, 0.2) is 24.3 Å². The Labute approximate surface area is 122 Å². The molecule has 110 valence electrons. The molecule has 7 nitrogen and oxygen atoms in total. The van der Waals surface area contributed by atoms with Crippen molar-refractivity contribution in [3.05, 3.63) is 29.8 Å². The number of hydrogen-bond donors (Lipinski definition) is 2. The van der Waals surface area contributed by atoms with Crippen LogP contribution in [-0.4, -0.2) is 36.6 Å². The van der Waals surface area contributed by atoms with Gasteiger partial charge in [0.25, 0.3) is 5.91 Å². The second-order valence-corrected chi connectivity index (χ2v) is 4.62. The molecule has 1 aromatic carbocycles. The van der Waals surface area contributed by atoms with Crippen LogP contribution in [0.2, 0.25) is 0 Å². The van der Waals surface area contributed by atoms with E-state index in [1.807, 2.05) is 6.07 Å². The van der Waals surface area contributed by atoms with Gasteiger partial charge in [-0.25, -0.2) is 4.79 Å². The number of anilines is 1. The molecule has 1 aliphatic rings. The summed E-state index contributed by atoms with van der Waals surface area (Å²) in [6.07, 6.45) is 0.881. The number of methoxy groups -OCH3 is 1. The Balaban J connectivity index is 1.91.